The number of rotatable bonds is 1. The molecule has 23 heavy (non-hydrogen) atoms. The Bertz CT molecular complexity index is 848. The van der Waals surface area contributed by atoms with Crippen molar-refractivity contribution in [3.05, 3.63) is 83.0 Å². The second kappa shape index (κ2) is 4.71. The van der Waals surface area contributed by atoms with Crippen LogP contribution in [0, 0.1) is 6.92 Å². The fourth-order valence-electron chi connectivity index (χ4n) is 4.15. The minimum atomic E-state index is 0.0806. The smallest absolute Gasteiger partial charge is 0.0159 e. The van der Waals surface area contributed by atoms with E-state index in [4.69, 9.17) is 0 Å². The summed E-state index contributed by atoms with van der Waals surface area (Å²) in [5.41, 5.74) is 8.72. The second-order valence-corrected chi connectivity index (χ2v) is 7.84. The molecule has 0 heteroatoms. The number of hydrogen-bond donors (Lipinski definition) is 0. The lowest BCUT2D eigenvalue weighted by Crippen LogP contribution is -2.21. The average Bonchev–Trinajstić information content (AvgIpc) is 2.76. The molecule has 0 radical (unpaired) electrons. The molecule has 0 saturated carbocycles. The van der Waals surface area contributed by atoms with Gasteiger partial charge in [0.1, 0.15) is 0 Å². The molecule has 2 aliphatic carbocycles. The van der Waals surface area contributed by atoms with Crippen LogP contribution in [0.3, 0.4) is 0 Å². The summed E-state index contributed by atoms with van der Waals surface area (Å²) in [5, 5.41) is 0. The number of benzene rings is 2. The molecule has 2 aliphatic rings. The Morgan fingerprint density at radius 1 is 0.826 bits per heavy atom. The Kier molecular flexibility index (Phi) is 2.97. The zero-order valence-corrected chi connectivity index (χ0v) is 14.5. The summed E-state index contributed by atoms with van der Waals surface area (Å²) in [6, 6.07) is 14.0. The number of hydrogen-bond acceptors (Lipinski definition) is 0. The first kappa shape index (κ1) is 14.5. The largest absolute Gasteiger partial charge is 0.0834 e. The summed E-state index contributed by atoms with van der Waals surface area (Å²) in [6.45, 7) is 9.25. The molecule has 0 heterocycles. The molecular formula is C23H24. The Balaban J connectivity index is 1.89. The van der Waals surface area contributed by atoms with Crippen molar-refractivity contribution in [1.82, 2.24) is 0 Å². The first-order valence-electron chi connectivity index (χ1n) is 8.53. The van der Waals surface area contributed by atoms with Gasteiger partial charge in [-0.1, -0.05) is 87.0 Å². The van der Waals surface area contributed by atoms with Gasteiger partial charge in [-0.15, -0.1) is 0 Å². The van der Waals surface area contributed by atoms with Gasteiger partial charge in [0.15, 0.2) is 0 Å². The van der Waals surface area contributed by atoms with Crippen molar-refractivity contribution in [3.63, 3.8) is 0 Å². The molecule has 1 unspecified atom stereocenters. The van der Waals surface area contributed by atoms with Crippen LogP contribution in [-0.4, -0.2) is 0 Å². The van der Waals surface area contributed by atoms with Crippen LogP contribution in [0.15, 0.2) is 60.7 Å². The third-order valence-corrected chi connectivity index (χ3v) is 5.74. The molecule has 0 fully saturated rings. The molecule has 0 amide bonds. The van der Waals surface area contributed by atoms with E-state index in [9.17, 15) is 0 Å². The van der Waals surface area contributed by atoms with Crippen LogP contribution < -0.4 is 0 Å². The van der Waals surface area contributed by atoms with E-state index in [1.807, 2.05) is 0 Å². The van der Waals surface area contributed by atoms with Crippen molar-refractivity contribution >= 4 is 0 Å². The normalized spacial score (nSPS) is 23.7. The summed E-state index contributed by atoms with van der Waals surface area (Å²) in [6.07, 6.45) is 10.0. The maximum Gasteiger partial charge on any atom is 0.0159 e. The van der Waals surface area contributed by atoms with Crippen LogP contribution in [-0.2, 0) is 10.8 Å². The third kappa shape index (κ3) is 2.05. The molecule has 4 rings (SSSR count). The van der Waals surface area contributed by atoms with Gasteiger partial charge in [-0.3, -0.25) is 0 Å². The van der Waals surface area contributed by atoms with Crippen molar-refractivity contribution < 1.29 is 0 Å². The number of allylic oxidation sites excluding steroid dienone is 4. The maximum atomic E-state index is 2.45. The minimum Gasteiger partial charge on any atom is -0.0834 e. The van der Waals surface area contributed by atoms with E-state index in [1.54, 1.807) is 0 Å². The standard InChI is InChI=1S/C23H24/c1-16-8-10-18-19-11-9-17(23(4)12-6-5-7-13-23)15-21(19)22(2,3)20(18)14-16/h5-12,14-15H,13H2,1-4H3. The molecule has 2 aromatic carbocycles. The molecule has 0 aromatic heterocycles. The van der Waals surface area contributed by atoms with Gasteiger partial charge in [-0.05, 0) is 41.2 Å². The average molecular weight is 300 g/mol. The van der Waals surface area contributed by atoms with E-state index < -0.39 is 0 Å². The first-order chi connectivity index (χ1) is 10.9. The van der Waals surface area contributed by atoms with Gasteiger partial charge >= 0.3 is 0 Å². The highest BCUT2D eigenvalue weighted by Gasteiger charge is 2.36. The molecular weight excluding hydrogens is 276 g/mol. The van der Waals surface area contributed by atoms with Gasteiger partial charge in [-0.2, -0.15) is 0 Å². The van der Waals surface area contributed by atoms with Gasteiger partial charge in [0, 0.05) is 10.8 Å². The summed E-state index contributed by atoms with van der Waals surface area (Å²) in [7, 11) is 0. The monoisotopic (exact) mass is 300 g/mol. The van der Waals surface area contributed by atoms with Crippen LogP contribution in [0.25, 0.3) is 11.1 Å². The Morgan fingerprint density at radius 3 is 2.22 bits per heavy atom. The van der Waals surface area contributed by atoms with Gasteiger partial charge in [0.2, 0.25) is 0 Å². The Labute approximate surface area is 139 Å². The fraction of sp³-hybridized carbons (Fsp3) is 0.304. The molecule has 0 N–H and O–H groups in total. The molecule has 116 valence electrons. The van der Waals surface area contributed by atoms with Gasteiger partial charge in [0.25, 0.3) is 0 Å². The lowest BCUT2D eigenvalue weighted by molar-refractivity contribution is 0.593. The topological polar surface area (TPSA) is 0 Å². The van der Waals surface area contributed by atoms with Gasteiger partial charge < -0.3 is 0 Å². The lowest BCUT2D eigenvalue weighted by atomic mass is 9.74. The minimum absolute atomic E-state index is 0.0806. The predicted molar refractivity (Wildman–Crippen MR) is 99.0 cm³/mol. The van der Waals surface area contributed by atoms with Gasteiger partial charge in [0.05, 0.1) is 0 Å². The van der Waals surface area contributed by atoms with E-state index in [-0.39, 0.29) is 10.8 Å². The van der Waals surface area contributed by atoms with E-state index in [0.29, 0.717) is 0 Å². The second-order valence-electron chi connectivity index (χ2n) is 7.84. The van der Waals surface area contributed by atoms with Crippen molar-refractivity contribution in [1.29, 1.82) is 0 Å². The van der Waals surface area contributed by atoms with Crippen LogP contribution in [0.5, 0.6) is 0 Å². The van der Waals surface area contributed by atoms with E-state index in [2.05, 4.69) is 88.4 Å². The van der Waals surface area contributed by atoms with E-state index in [1.165, 1.54) is 33.4 Å². The van der Waals surface area contributed by atoms with Crippen molar-refractivity contribution in [2.75, 3.05) is 0 Å². The quantitative estimate of drug-likeness (QED) is 0.599. The SMILES string of the molecule is Cc1ccc2c(c1)C(C)(C)c1cc(C3(C)C=CC=CC3)ccc1-2. The van der Waals surface area contributed by atoms with E-state index in [0.717, 1.165) is 6.42 Å². The zero-order valence-electron chi connectivity index (χ0n) is 14.5. The molecule has 0 nitrogen and oxygen atoms in total. The molecule has 0 aliphatic heterocycles. The van der Waals surface area contributed by atoms with E-state index >= 15 is 0 Å². The molecule has 2 aromatic rings. The van der Waals surface area contributed by atoms with Crippen LogP contribution in [0.4, 0.5) is 0 Å². The van der Waals surface area contributed by atoms with Crippen LogP contribution in [0.2, 0.25) is 0 Å². The summed E-state index contributed by atoms with van der Waals surface area (Å²) in [4.78, 5) is 0. The van der Waals surface area contributed by atoms with Crippen LogP contribution in [0.1, 0.15) is 49.4 Å². The molecule has 0 saturated heterocycles. The number of fused-ring (bicyclic) bond motifs is 3. The summed E-state index contributed by atoms with van der Waals surface area (Å²) in [5.74, 6) is 0. The summed E-state index contributed by atoms with van der Waals surface area (Å²) >= 11 is 0. The highest BCUT2D eigenvalue weighted by molar-refractivity contribution is 5.81. The molecule has 0 spiro atoms. The first-order valence-corrected chi connectivity index (χ1v) is 8.53. The highest BCUT2D eigenvalue weighted by Crippen LogP contribution is 2.50. The molecule has 1 atom stereocenters. The fourth-order valence-corrected chi connectivity index (χ4v) is 4.15. The van der Waals surface area contributed by atoms with Gasteiger partial charge in [-0.25, -0.2) is 0 Å². The maximum absolute atomic E-state index is 2.45. The lowest BCUT2D eigenvalue weighted by Gasteiger charge is -2.29. The summed E-state index contributed by atoms with van der Waals surface area (Å²) < 4.78 is 0. The predicted octanol–water partition coefficient (Wildman–Crippen LogP) is 6.08. The Morgan fingerprint density at radius 2 is 1.52 bits per heavy atom. The molecule has 0 bridgehead atoms. The zero-order chi connectivity index (χ0) is 16.2. The van der Waals surface area contributed by atoms with Crippen molar-refractivity contribution in [2.45, 2.75) is 44.9 Å². The Hall–Kier alpha value is -2.08. The number of aryl methyl sites for hydroxylation is 1. The van der Waals surface area contributed by atoms with Crippen LogP contribution >= 0.6 is 0 Å². The van der Waals surface area contributed by atoms with Crippen molar-refractivity contribution in [3.8, 4) is 11.1 Å². The third-order valence-electron chi connectivity index (χ3n) is 5.74. The highest BCUT2D eigenvalue weighted by atomic mass is 14.4. The van der Waals surface area contributed by atoms with Crippen molar-refractivity contribution in [2.24, 2.45) is 0 Å².